The average molecular weight is 376 g/mol. The third-order valence-electron chi connectivity index (χ3n) is 3.74. The molecule has 0 aliphatic heterocycles. The van der Waals surface area contributed by atoms with E-state index in [-0.39, 0.29) is 12.0 Å². The SMILES string of the molecule is Cc1cc(OCCCC(=O)Nc2ccc(OC(C)C)cc2)cc(C)c1Cl. The second kappa shape index (κ2) is 9.48. The van der Waals surface area contributed by atoms with E-state index < -0.39 is 0 Å². The van der Waals surface area contributed by atoms with Crippen molar-refractivity contribution in [3.8, 4) is 11.5 Å². The van der Waals surface area contributed by atoms with Crippen LogP contribution in [0.1, 0.15) is 37.8 Å². The molecule has 0 fully saturated rings. The molecule has 1 N–H and O–H groups in total. The number of carbonyl (C=O) groups excluding carboxylic acids is 1. The highest BCUT2D eigenvalue weighted by atomic mass is 35.5. The minimum absolute atomic E-state index is 0.0328. The molecule has 0 saturated carbocycles. The lowest BCUT2D eigenvalue weighted by Crippen LogP contribution is -2.13. The van der Waals surface area contributed by atoms with E-state index in [4.69, 9.17) is 21.1 Å². The van der Waals surface area contributed by atoms with Crippen LogP contribution in [0.4, 0.5) is 5.69 Å². The maximum Gasteiger partial charge on any atom is 0.224 e. The van der Waals surface area contributed by atoms with Crippen molar-refractivity contribution in [1.29, 1.82) is 0 Å². The number of nitrogens with one attached hydrogen (secondary N) is 1. The fourth-order valence-corrected chi connectivity index (χ4v) is 2.63. The van der Waals surface area contributed by atoms with Crippen LogP contribution in [0.25, 0.3) is 0 Å². The summed E-state index contributed by atoms with van der Waals surface area (Å²) < 4.78 is 11.3. The molecule has 0 spiro atoms. The minimum atomic E-state index is -0.0328. The first-order valence-electron chi connectivity index (χ1n) is 8.81. The summed E-state index contributed by atoms with van der Waals surface area (Å²) in [7, 11) is 0. The van der Waals surface area contributed by atoms with Crippen molar-refractivity contribution in [2.24, 2.45) is 0 Å². The molecule has 0 heterocycles. The molecule has 2 aromatic carbocycles. The van der Waals surface area contributed by atoms with Crippen LogP contribution in [0.5, 0.6) is 11.5 Å². The largest absolute Gasteiger partial charge is 0.494 e. The molecule has 0 atom stereocenters. The van der Waals surface area contributed by atoms with Crippen LogP contribution in [-0.2, 0) is 4.79 Å². The van der Waals surface area contributed by atoms with Crippen LogP contribution in [-0.4, -0.2) is 18.6 Å². The Morgan fingerprint density at radius 3 is 2.27 bits per heavy atom. The molecule has 140 valence electrons. The maximum absolute atomic E-state index is 12.0. The standard InChI is InChI=1S/C21H26ClNO3/c1-14(2)26-18-9-7-17(8-10-18)23-20(24)6-5-11-25-19-12-15(3)21(22)16(4)13-19/h7-10,12-14H,5-6,11H2,1-4H3,(H,23,24). The Morgan fingerprint density at radius 1 is 1.08 bits per heavy atom. The van der Waals surface area contributed by atoms with Gasteiger partial charge in [-0.15, -0.1) is 0 Å². The molecule has 0 aliphatic rings. The van der Waals surface area contributed by atoms with E-state index in [9.17, 15) is 4.79 Å². The van der Waals surface area contributed by atoms with Gasteiger partial charge in [0.15, 0.2) is 0 Å². The van der Waals surface area contributed by atoms with Crippen molar-refractivity contribution >= 4 is 23.2 Å². The highest BCUT2D eigenvalue weighted by molar-refractivity contribution is 6.32. The van der Waals surface area contributed by atoms with Gasteiger partial charge in [0, 0.05) is 17.1 Å². The summed E-state index contributed by atoms with van der Waals surface area (Å²) in [5, 5.41) is 3.64. The Hall–Kier alpha value is -2.20. The molecule has 5 heteroatoms. The molecule has 0 unspecified atom stereocenters. The summed E-state index contributed by atoms with van der Waals surface area (Å²) in [4.78, 5) is 12.0. The molecule has 0 saturated heterocycles. The van der Waals surface area contributed by atoms with E-state index in [1.165, 1.54) is 0 Å². The third-order valence-corrected chi connectivity index (χ3v) is 4.33. The van der Waals surface area contributed by atoms with E-state index in [2.05, 4.69) is 5.32 Å². The van der Waals surface area contributed by atoms with Gasteiger partial charge in [-0.3, -0.25) is 4.79 Å². The van der Waals surface area contributed by atoms with Crippen molar-refractivity contribution in [3.63, 3.8) is 0 Å². The van der Waals surface area contributed by atoms with Gasteiger partial charge in [-0.05, 0) is 81.6 Å². The Labute approximate surface area is 160 Å². The number of ether oxygens (including phenoxy) is 2. The Bertz CT molecular complexity index is 718. The summed E-state index contributed by atoms with van der Waals surface area (Å²) >= 11 is 6.15. The summed E-state index contributed by atoms with van der Waals surface area (Å²) in [6.45, 7) is 8.34. The van der Waals surface area contributed by atoms with Crippen LogP contribution in [0.2, 0.25) is 5.02 Å². The number of hydrogen-bond acceptors (Lipinski definition) is 3. The van der Waals surface area contributed by atoms with Gasteiger partial charge in [-0.25, -0.2) is 0 Å². The zero-order valence-electron chi connectivity index (χ0n) is 15.8. The van der Waals surface area contributed by atoms with Gasteiger partial charge in [0.1, 0.15) is 11.5 Å². The van der Waals surface area contributed by atoms with Crippen molar-refractivity contribution in [2.45, 2.75) is 46.6 Å². The number of anilines is 1. The van der Waals surface area contributed by atoms with Gasteiger partial charge >= 0.3 is 0 Å². The highest BCUT2D eigenvalue weighted by Gasteiger charge is 2.06. The molecule has 1 amide bonds. The lowest BCUT2D eigenvalue weighted by molar-refractivity contribution is -0.116. The number of rotatable bonds is 8. The summed E-state index contributed by atoms with van der Waals surface area (Å²) in [5.74, 6) is 1.54. The smallest absolute Gasteiger partial charge is 0.224 e. The third kappa shape index (κ3) is 6.26. The zero-order chi connectivity index (χ0) is 19.1. The van der Waals surface area contributed by atoms with Crippen LogP contribution in [0.3, 0.4) is 0 Å². The molecule has 26 heavy (non-hydrogen) atoms. The van der Waals surface area contributed by atoms with Crippen LogP contribution >= 0.6 is 11.6 Å². The summed E-state index contributed by atoms with van der Waals surface area (Å²) in [5.41, 5.74) is 2.74. The first kappa shape index (κ1) is 20.1. The topological polar surface area (TPSA) is 47.6 Å². The molecule has 0 aromatic heterocycles. The lowest BCUT2D eigenvalue weighted by Gasteiger charge is -2.11. The molecular weight excluding hydrogens is 350 g/mol. The van der Waals surface area contributed by atoms with Crippen molar-refractivity contribution in [3.05, 3.63) is 52.5 Å². The number of carbonyl (C=O) groups is 1. The Balaban J connectivity index is 1.73. The van der Waals surface area contributed by atoms with E-state index in [0.29, 0.717) is 19.4 Å². The summed E-state index contributed by atoms with van der Waals surface area (Å²) in [6, 6.07) is 11.2. The van der Waals surface area contributed by atoms with E-state index in [1.807, 2.05) is 64.1 Å². The van der Waals surface area contributed by atoms with E-state index in [1.54, 1.807) is 0 Å². The average Bonchev–Trinajstić information content (AvgIpc) is 2.58. The predicted molar refractivity (Wildman–Crippen MR) is 106 cm³/mol. The quantitative estimate of drug-likeness (QED) is 0.616. The Kier molecular flexibility index (Phi) is 7.34. The van der Waals surface area contributed by atoms with Gasteiger partial charge in [-0.1, -0.05) is 11.6 Å². The van der Waals surface area contributed by atoms with Gasteiger partial charge in [0.2, 0.25) is 5.91 Å². The monoisotopic (exact) mass is 375 g/mol. The van der Waals surface area contributed by atoms with Gasteiger partial charge in [0.25, 0.3) is 0 Å². The van der Waals surface area contributed by atoms with Crippen LogP contribution in [0, 0.1) is 13.8 Å². The molecule has 4 nitrogen and oxygen atoms in total. The Morgan fingerprint density at radius 2 is 1.69 bits per heavy atom. The lowest BCUT2D eigenvalue weighted by atomic mass is 10.1. The first-order valence-corrected chi connectivity index (χ1v) is 9.19. The van der Waals surface area contributed by atoms with E-state index in [0.717, 1.165) is 33.3 Å². The molecule has 2 rings (SSSR count). The number of hydrogen-bond donors (Lipinski definition) is 1. The molecular formula is C21H26ClNO3. The highest BCUT2D eigenvalue weighted by Crippen LogP contribution is 2.26. The van der Waals surface area contributed by atoms with Gasteiger partial charge in [0.05, 0.1) is 12.7 Å². The number of amides is 1. The van der Waals surface area contributed by atoms with Crippen LogP contribution < -0.4 is 14.8 Å². The summed E-state index contributed by atoms with van der Waals surface area (Å²) in [6.07, 6.45) is 1.17. The predicted octanol–water partition coefficient (Wildman–Crippen LogP) is 5.54. The second-order valence-corrected chi connectivity index (χ2v) is 6.94. The fraction of sp³-hybridized carbons (Fsp3) is 0.381. The van der Waals surface area contributed by atoms with E-state index >= 15 is 0 Å². The maximum atomic E-state index is 12.0. The molecule has 0 radical (unpaired) electrons. The van der Waals surface area contributed by atoms with Crippen molar-refractivity contribution < 1.29 is 14.3 Å². The van der Waals surface area contributed by atoms with Crippen molar-refractivity contribution in [2.75, 3.05) is 11.9 Å². The number of halogens is 1. The van der Waals surface area contributed by atoms with Gasteiger partial charge in [-0.2, -0.15) is 0 Å². The van der Waals surface area contributed by atoms with Gasteiger partial charge < -0.3 is 14.8 Å². The minimum Gasteiger partial charge on any atom is -0.494 e. The number of aryl methyl sites for hydroxylation is 2. The molecule has 0 bridgehead atoms. The molecule has 2 aromatic rings. The zero-order valence-corrected chi connectivity index (χ0v) is 16.5. The van der Waals surface area contributed by atoms with Crippen molar-refractivity contribution in [1.82, 2.24) is 0 Å². The second-order valence-electron chi connectivity index (χ2n) is 6.56. The normalized spacial score (nSPS) is 10.7. The number of benzene rings is 2. The fourth-order valence-electron chi connectivity index (χ4n) is 2.52. The molecule has 0 aliphatic carbocycles. The first-order chi connectivity index (χ1) is 12.3. The van der Waals surface area contributed by atoms with Crippen LogP contribution in [0.15, 0.2) is 36.4 Å².